The van der Waals surface area contributed by atoms with E-state index in [-0.39, 0.29) is 6.04 Å². The van der Waals surface area contributed by atoms with Crippen molar-refractivity contribution in [1.82, 2.24) is 15.2 Å². The number of ether oxygens (including phenoxy) is 1. The fraction of sp³-hybridized carbons (Fsp3) is 0.385. The van der Waals surface area contributed by atoms with E-state index in [1.54, 1.807) is 19.5 Å². The molecule has 0 aromatic carbocycles. The van der Waals surface area contributed by atoms with Gasteiger partial charge in [0.1, 0.15) is 5.69 Å². The van der Waals surface area contributed by atoms with Gasteiger partial charge in [-0.3, -0.25) is 5.10 Å². The zero-order valence-corrected chi connectivity index (χ0v) is 11.6. The van der Waals surface area contributed by atoms with Crippen LogP contribution in [0.4, 0.5) is 11.4 Å². The van der Waals surface area contributed by atoms with Gasteiger partial charge in [-0.15, -0.1) is 0 Å². The third kappa shape index (κ3) is 2.78. The fourth-order valence-corrected chi connectivity index (χ4v) is 1.90. The normalized spacial score (nSPS) is 12.0. The molecule has 1 unspecified atom stereocenters. The van der Waals surface area contributed by atoms with Crippen LogP contribution in [0.2, 0.25) is 0 Å². The van der Waals surface area contributed by atoms with Crippen LogP contribution in [0, 0.1) is 0 Å². The molecule has 0 fully saturated rings. The molecule has 0 saturated heterocycles. The van der Waals surface area contributed by atoms with E-state index in [4.69, 9.17) is 4.74 Å². The van der Waals surface area contributed by atoms with Crippen LogP contribution in [0.5, 0.6) is 5.88 Å². The highest BCUT2D eigenvalue weighted by molar-refractivity contribution is 5.74. The Hall–Kier alpha value is -2.24. The van der Waals surface area contributed by atoms with Gasteiger partial charge >= 0.3 is 0 Å². The molecule has 2 heterocycles. The molecule has 2 N–H and O–H groups in total. The highest BCUT2D eigenvalue weighted by Crippen LogP contribution is 2.34. The second kappa shape index (κ2) is 5.60. The summed E-state index contributed by atoms with van der Waals surface area (Å²) in [6.07, 6.45) is 3.47. The molecule has 19 heavy (non-hydrogen) atoms. The van der Waals surface area contributed by atoms with Crippen molar-refractivity contribution < 1.29 is 4.74 Å². The summed E-state index contributed by atoms with van der Waals surface area (Å²) >= 11 is 0. The van der Waals surface area contributed by atoms with Crippen LogP contribution >= 0.6 is 0 Å². The van der Waals surface area contributed by atoms with Gasteiger partial charge in [-0.1, -0.05) is 0 Å². The lowest BCUT2D eigenvalue weighted by Crippen LogP contribution is -2.15. The van der Waals surface area contributed by atoms with Crippen molar-refractivity contribution in [3.8, 4) is 5.88 Å². The number of pyridine rings is 1. The molecule has 2 aromatic rings. The zero-order chi connectivity index (χ0) is 13.8. The summed E-state index contributed by atoms with van der Waals surface area (Å²) in [6, 6.07) is 3.97. The molecule has 0 aliphatic rings. The fourth-order valence-electron chi connectivity index (χ4n) is 1.90. The molecule has 0 amide bonds. The van der Waals surface area contributed by atoms with Gasteiger partial charge in [-0.05, 0) is 19.1 Å². The zero-order valence-electron chi connectivity index (χ0n) is 11.6. The minimum absolute atomic E-state index is 0.0827. The molecule has 2 rings (SSSR count). The predicted octanol–water partition coefficient (Wildman–Crippen LogP) is 2.05. The Balaban J connectivity index is 2.32. The number of methoxy groups -OCH3 is 1. The molecular formula is C13H19N5O. The van der Waals surface area contributed by atoms with Crippen LogP contribution < -0.4 is 15.0 Å². The van der Waals surface area contributed by atoms with Crippen molar-refractivity contribution in [3.05, 3.63) is 30.2 Å². The molecular weight excluding hydrogens is 242 g/mol. The molecule has 0 aliphatic carbocycles. The van der Waals surface area contributed by atoms with Crippen molar-refractivity contribution in [2.75, 3.05) is 31.4 Å². The Bertz CT molecular complexity index is 524. The molecule has 1 atom stereocenters. The standard InChI is InChI=1S/C13H19N5O/c1-9(10-5-8-15-17-10)16-12-11(18(2)3)6-7-14-13(12)19-4/h5-9,16H,1-4H3,(H,15,17). The Labute approximate surface area is 112 Å². The van der Waals surface area contributed by atoms with E-state index in [2.05, 4.69) is 27.4 Å². The first-order valence-corrected chi connectivity index (χ1v) is 6.09. The second-order valence-corrected chi connectivity index (χ2v) is 4.49. The molecule has 0 bridgehead atoms. The molecule has 0 radical (unpaired) electrons. The summed E-state index contributed by atoms with van der Waals surface area (Å²) in [5, 5.41) is 10.3. The van der Waals surface area contributed by atoms with E-state index in [0.29, 0.717) is 5.88 Å². The summed E-state index contributed by atoms with van der Waals surface area (Å²) in [7, 11) is 5.59. The molecule has 2 aromatic heterocycles. The molecule has 6 heteroatoms. The van der Waals surface area contributed by atoms with Gasteiger partial charge in [-0.25, -0.2) is 4.98 Å². The van der Waals surface area contributed by atoms with Crippen LogP contribution in [-0.2, 0) is 0 Å². The maximum absolute atomic E-state index is 5.33. The number of anilines is 2. The summed E-state index contributed by atoms with van der Waals surface area (Å²) in [5.41, 5.74) is 2.91. The average molecular weight is 261 g/mol. The molecule has 6 nitrogen and oxygen atoms in total. The van der Waals surface area contributed by atoms with E-state index in [0.717, 1.165) is 17.1 Å². The number of nitrogens with one attached hydrogen (secondary N) is 2. The number of nitrogens with zero attached hydrogens (tertiary/aromatic N) is 3. The van der Waals surface area contributed by atoms with Gasteiger partial charge in [0.2, 0.25) is 5.88 Å². The number of aromatic amines is 1. The van der Waals surface area contributed by atoms with Crippen LogP contribution in [0.3, 0.4) is 0 Å². The second-order valence-electron chi connectivity index (χ2n) is 4.49. The first-order chi connectivity index (χ1) is 9.13. The van der Waals surface area contributed by atoms with Gasteiger partial charge in [0.25, 0.3) is 0 Å². The number of hydrogen-bond donors (Lipinski definition) is 2. The van der Waals surface area contributed by atoms with E-state index in [1.807, 2.05) is 31.1 Å². The quantitative estimate of drug-likeness (QED) is 0.862. The largest absolute Gasteiger partial charge is 0.479 e. The third-order valence-corrected chi connectivity index (χ3v) is 2.92. The number of aromatic nitrogens is 3. The Morgan fingerprint density at radius 1 is 1.32 bits per heavy atom. The van der Waals surface area contributed by atoms with E-state index in [1.165, 1.54) is 0 Å². The SMILES string of the molecule is COc1nccc(N(C)C)c1NC(C)c1ccn[nH]1. The van der Waals surface area contributed by atoms with Crippen molar-refractivity contribution in [2.24, 2.45) is 0 Å². The maximum atomic E-state index is 5.33. The van der Waals surface area contributed by atoms with Crippen molar-refractivity contribution >= 4 is 11.4 Å². The third-order valence-electron chi connectivity index (χ3n) is 2.92. The number of H-pyrrole nitrogens is 1. The Morgan fingerprint density at radius 3 is 2.68 bits per heavy atom. The van der Waals surface area contributed by atoms with E-state index in [9.17, 15) is 0 Å². The lowest BCUT2D eigenvalue weighted by Gasteiger charge is -2.22. The van der Waals surface area contributed by atoms with Gasteiger partial charge in [-0.2, -0.15) is 5.10 Å². The lowest BCUT2D eigenvalue weighted by molar-refractivity contribution is 0.399. The molecule has 102 valence electrons. The van der Waals surface area contributed by atoms with E-state index >= 15 is 0 Å². The minimum Gasteiger partial charge on any atom is -0.479 e. The predicted molar refractivity (Wildman–Crippen MR) is 75.7 cm³/mol. The highest BCUT2D eigenvalue weighted by atomic mass is 16.5. The summed E-state index contributed by atoms with van der Waals surface area (Å²) in [5.74, 6) is 0.581. The Morgan fingerprint density at radius 2 is 2.11 bits per heavy atom. The number of hydrogen-bond acceptors (Lipinski definition) is 5. The van der Waals surface area contributed by atoms with Crippen molar-refractivity contribution in [1.29, 1.82) is 0 Å². The first-order valence-electron chi connectivity index (χ1n) is 6.09. The summed E-state index contributed by atoms with van der Waals surface area (Å²) in [4.78, 5) is 6.26. The Kier molecular flexibility index (Phi) is 3.89. The van der Waals surface area contributed by atoms with Crippen molar-refractivity contribution in [2.45, 2.75) is 13.0 Å². The summed E-state index contributed by atoms with van der Waals surface area (Å²) < 4.78 is 5.33. The van der Waals surface area contributed by atoms with Crippen LogP contribution in [-0.4, -0.2) is 36.4 Å². The highest BCUT2D eigenvalue weighted by Gasteiger charge is 2.15. The topological polar surface area (TPSA) is 66.1 Å². The van der Waals surface area contributed by atoms with Gasteiger partial charge < -0.3 is 15.0 Å². The smallest absolute Gasteiger partial charge is 0.239 e. The molecule has 0 spiro atoms. The minimum atomic E-state index is 0.0827. The van der Waals surface area contributed by atoms with Crippen LogP contribution in [0.25, 0.3) is 0 Å². The molecule has 0 aliphatic heterocycles. The maximum Gasteiger partial charge on any atom is 0.239 e. The van der Waals surface area contributed by atoms with Crippen LogP contribution in [0.15, 0.2) is 24.5 Å². The average Bonchev–Trinajstić information content (AvgIpc) is 2.92. The van der Waals surface area contributed by atoms with Gasteiger partial charge in [0, 0.05) is 26.5 Å². The van der Waals surface area contributed by atoms with Crippen molar-refractivity contribution in [3.63, 3.8) is 0 Å². The van der Waals surface area contributed by atoms with Crippen LogP contribution in [0.1, 0.15) is 18.7 Å². The van der Waals surface area contributed by atoms with E-state index < -0.39 is 0 Å². The lowest BCUT2D eigenvalue weighted by atomic mass is 10.2. The summed E-state index contributed by atoms with van der Waals surface area (Å²) in [6.45, 7) is 2.05. The van der Waals surface area contributed by atoms with Gasteiger partial charge in [0.15, 0.2) is 0 Å². The monoisotopic (exact) mass is 261 g/mol. The van der Waals surface area contributed by atoms with Gasteiger partial charge in [0.05, 0.1) is 24.5 Å². The first kappa shape index (κ1) is 13.2. The number of rotatable bonds is 5. The molecule has 0 saturated carbocycles.